The number of para-hydroxylation sites is 1. The van der Waals surface area contributed by atoms with Gasteiger partial charge in [-0.2, -0.15) is 0 Å². The van der Waals surface area contributed by atoms with E-state index in [-0.39, 0.29) is 0 Å². The van der Waals surface area contributed by atoms with E-state index in [9.17, 15) is 4.79 Å². The molecule has 21 heavy (non-hydrogen) atoms. The molecule has 0 saturated heterocycles. The van der Waals surface area contributed by atoms with Crippen molar-refractivity contribution in [1.82, 2.24) is 0 Å². The van der Waals surface area contributed by atoms with Crippen LogP contribution in [0.1, 0.15) is 46.1 Å². The van der Waals surface area contributed by atoms with Gasteiger partial charge in [-0.3, -0.25) is 5.32 Å². The minimum atomic E-state index is -0.534. The van der Waals surface area contributed by atoms with Gasteiger partial charge >= 0.3 is 6.09 Å². The summed E-state index contributed by atoms with van der Waals surface area (Å²) in [5, 5.41) is 2.74. The zero-order valence-electron chi connectivity index (χ0n) is 13.4. The van der Waals surface area contributed by atoms with E-state index in [4.69, 9.17) is 9.47 Å². The fourth-order valence-corrected chi connectivity index (χ4v) is 1.67. The number of benzene rings is 1. The molecule has 0 aromatic heterocycles. The summed E-state index contributed by atoms with van der Waals surface area (Å²) >= 11 is 0. The van der Waals surface area contributed by atoms with E-state index in [0.29, 0.717) is 18.1 Å². The standard InChI is InChI=1S/C17H25NO3/c1-6-7-12-20-13(2)14-10-8-9-11-15(14)18-16(19)21-17(3,4)5/h8-11H,2,6-7,12H2,1,3-5H3,(H,18,19). The van der Waals surface area contributed by atoms with Crippen LogP contribution >= 0.6 is 0 Å². The first kappa shape index (κ1) is 17.1. The number of rotatable bonds is 6. The van der Waals surface area contributed by atoms with Crippen LogP contribution in [0.15, 0.2) is 30.8 Å². The lowest BCUT2D eigenvalue weighted by Gasteiger charge is -2.20. The highest BCUT2D eigenvalue weighted by molar-refractivity contribution is 5.89. The first-order valence-electron chi connectivity index (χ1n) is 7.24. The second-order valence-corrected chi connectivity index (χ2v) is 5.80. The summed E-state index contributed by atoms with van der Waals surface area (Å²) in [5.74, 6) is 0.551. The average Bonchev–Trinajstić information content (AvgIpc) is 2.37. The van der Waals surface area contributed by atoms with Crippen LogP contribution in [-0.2, 0) is 9.47 Å². The Hall–Kier alpha value is -1.97. The van der Waals surface area contributed by atoms with Crippen molar-refractivity contribution < 1.29 is 14.3 Å². The first-order valence-corrected chi connectivity index (χ1v) is 7.24. The van der Waals surface area contributed by atoms with Crippen LogP contribution < -0.4 is 5.32 Å². The Morgan fingerprint density at radius 1 is 1.29 bits per heavy atom. The molecule has 0 aliphatic carbocycles. The number of anilines is 1. The minimum Gasteiger partial charge on any atom is -0.494 e. The van der Waals surface area contributed by atoms with Crippen molar-refractivity contribution in [1.29, 1.82) is 0 Å². The van der Waals surface area contributed by atoms with E-state index < -0.39 is 11.7 Å². The fraction of sp³-hybridized carbons (Fsp3) is 0.471. The maximum atomic E-state index is 11.9. The van der Waals surface area contributed by atoms with Crippen LogP contribution in [0.5, 0.6) is 0 Å². The molecule has 4 heteroatoms. The minimum absolute atomic E-state index is 0.490. The Morgan fingerprint density at radius 2 is 1.95 bits per heavy atom. The topological polar surface area (TPSA) is 47.6 Å². The lowest BCUT2D eigenvalue weighted by molar-refractivity contribution is 0.0636. The molecule has 0 aliphatic heterocycles. The second-order valence-electron chi connectivity index (χ2n) is 5.80. The highest BCUT2D eigenvalue weighted by Crippen LogP contribution is 2.24. The van der Waals surface area contributed by atoms with E-state index >= 15 is 0 Å². The smallest absolute Gasteiger partial charge is 0.412 e. The molecular formula is C17H25NO3. The van der Waals surface area contributed by atoms with Gasteiger partial charge in [-0.05, 0) is 39.3 Å². The van der Waals surface area contributed by atoms with E-state index in [2.05, 4.69) is 18.8 Å². The van der Waals surface area contributed by atoms with Crippen molar-refractivity contribution in [3.05, 3.63) is 36.4 Å². The van der Waals surface area contributed by atoms with Crippen LogP contribution in [0, 0.1) is 0 Å². The Labute approximate surface area is 127 Å². The van der Waals surface area contributed by atoms with Crippen molar-refractivity contribution in [2.45, 2.75) is 46.1 Å². The summed E-state index contributed by atoms with van der Waals surface area (Å²) in [6.07, 6.45) is 1.54. The lowest BCUT2D eigenvalue weighted by atomic mass is 10.1. The fourth-order valence-electron chi connectivity index (χ4n) is 1.67. The van der Waals surface area contributed by atoms with E-state index in [0.717, 1.165) is 18.4 Å². The monoisotopic (exact) mass is 291 g/mol. The van der Waals surface area contributed by atoms with Gasteiger partial charge in [0.2, 0.25) is 0 Å². The Kier molecular flexibility index (Phi) is 6.28. The predicted octanol–water partition coefficient (Wildman–Crippen LogP) is 4.82. The molecule has 1 aromatic rings. The molecular weight excluding hydrogens is 266 g/mol. The summed E-state index contributed by atoms with van der Waals surface area (Å²) in [6.45, 7) is 12.1. The first-order chi connectivity index (χ1) is 9.83. The summed E-state index contributed by atoms with van der Waals surface area (Å²) in [4.78, 5) is 11.9. The summed E-state index contributed by atoms with van der Waals surface area (Å²) < 4.78 is 10.9. The number of carbonyl (C=O) groups excluding carboxylic acids is 1. The third-order valence-corrected chi connectivity index (χ3v) is 2.64. The van der Waals surface area contributed by atoms with Crippen molar-refractivity contribution >= 4 is 17.5 Å². The molecule has 4 nitrogen and oxygen atoms in total. The lowest BCUT2D eigenvalue weighted by Crippen LogP contribution is -2.27. The number of nitrogens with one attached hydrogen (secondary N) is 1. The quantitative estimate of drug-likeness (QED) is 0.603. The van der Waals surface area contributed by atoms with Crippen LogP contribution in [0.3, 0.4) is 0 Å². The normalized spacial score (nSPS) is 10.9. The second kappa shape index (κ2) is 7.72. The molecule has 0 spiro atoms. The molecule has 0 saturated carbocycles. The Balaban J connectivity index is 2.75. The van der Waals surface area contributed by atoms with Gasteiger partial charge in [0.15, 0.2) is 0 Å². The molecule has 0 unspecified atom stereocenters. The van der Waals surface area contributed by atoms with Crippen LogP contribution in [0.4, 0.5) is 10.5 Å². The molecule has 0 radical (unpaired) electrons. The van der Waals surface area contributed by atoms with E-state index in [1.807, 2.05) is 39.0 Å². The van der Waals surface area contributed by atoms with Gasteiger partial charge in [-0.1, -0.05) is 32.1 Å². The Morgan fingerprint density at radius 3 is 2.57 bits per heavy atom. The number of ether oxygens (including phenoxy) is 2. The number of carbonyl (C=O) groups is 1. The molecule has 0 atom stereocenters. The van der Waals surface area contributed by atoms with Crippen LogP contribution in [0.2, 0.25) is 0 Å². The highest BCUT2D eigenvalue weighted by atomic mass is 16.6. The third kappa shape index (κ3) is 6.34. The van der Waals surface area contributed by atoms with Crippen LogP contribution in [0.25, 0.3) is 5.76 Å². The Bertz CT molecular complexity index is 489. The maximum Gasteiger partial charge on any atom is 0.412 e. The average molecular weight is 291 g/mol. The zero-order chi connectivity index (χ0) is 15.9. The van der Waals surface area contributed by atoms with Crippen molar-refractivity contribution in [2.24, 2.45) is 0 Å². The van der Waals surface area contributed by atoms with Gasteiger partial charge in [-0.15, -0.1) is 0 Å². The zero-order valence-corrected chi connectivity index (χ0v) is 13.4. The maximum absolute atomic E-state index is 11.9. The summed E-state index contributed by atoms with van der Waals surface area (Å²) in [6, 6.07) is 7.38. The van der Waals surface area contributed by atoms with Crippen molar-refractivity contribution in [3.8, 4) is 0 Å². The van der Waals surface area contributed by atoms with Gasteiger partial charge in [0.05, 0.1) is 12.3 Å². The molecule has 1 aromatic carbocycles. The van der Waals surface area contributed by atoms with E-state index in [1.165, 1.54) is 0 Å². The molecule has 116 valence electrons. The molecule has 1 amide bonds. The van der Waals surface area contributed by atoms with Gasteiger partial charge in [0, 0.05) is 5.56 Å². The van der Waals surface area contributed by atoms with Crippen molar-refractivity contribution in [2.75, 3.05) is 11.9 Å². The summed E-state index contributed by atoms with van der Waals surface area (Å²) in [7, 11) is 0. The third-order valence-electron chi connectivity index (χ3n) is 2.64. The van der Waals surface area contributed by atoms with Gasteiger partial charge in [0.25, 0.3) is 0 Å². The molecule has 1 N–H and O–H groups in total. The number of hydrogen-bond acceptors (Lipinski definition) is 3. The van der Waals surface area contributed by atoms with E-state index in [1.54, 1.807) is 6.07 Å². The molecule has 0 aliphatic rings. The molecule has 0 heterocycles. The molecule has 1 rings (SSSR count). The van der Waals surface area contributed by atoms with Crippen molar-refractivity contribution in [3.63, 3.8) is 0 Å². The van der Waals surface area contributed by atoms with Crippen LogP contribution in [-0.4, -0.2) is 18.3 Å². The molecule has 0 bridgehead atoms. The molecule has 0 fully saturated rings. The predicted molar refractivity (Wildman–Crippen MR) is 86.2 cm³/mol. The van der Waals surface area contributed by atoms with Gasteiger partial charge in [0.1, 0.15) is 11.4 Å². The highest BCUT2D eigenvalue weighted by Gasteiger charge is 2.17. The van der Waals surface area contributed by atoms with Gasteiger partial charge < -0.3 is 9.47 Å². The number of unbranched alkanes of at least 4 members (excludes halogenated alkanes) is 1. The largest absolute Gasteiger partial charge is 0.494 e. The van der Waals surface area contributed by atoms with Gasteiger partial charge in [-0.25, -0.2) is 4.79 Å². The number of hydrogen-bond donors (Lipinski definition) is 1. The summed E-state index contributed by atoms with van der Waals surface area (Å²) in [5.41, 5.74) is 0.862. The number of amides is 1. The SMILES string of the molecule is C=C(OCCCC)c1ccccc1NC(=O)OC(C)(C)C.